The van der Waals surface area contributed by atoms with Gasteiger partial charge in [-0.15, -0.1) is 0 Å². The molecular weight excluding hydrogens is 286 g/mol. The Bertz CT molecular complexity index is 623. The Kier molecular flexibility index (Phi) is 3.84. The molecule has 1 aromatic rings. The lowest BCUT2D eigenvalue weighted by Crippen LogP contribution is -2.52. The molecule has 0 aromatic heterocycles. The minimum atomic E-state index is -3.73. The van der Waals surface area contributed by atoms with Gasteiger partial charge in [0.25, 0.3) is 16.1 Å². The van der Waals surface area contributed by atoms with E-state index < -0.39 is 10.2 Å². The minimum absolute atomic E-state index is 0.134. The van der Waals surface area contributed by atoms with Crippen molar-refractivity contribution in [1.82, 2.24) is 9.21 Å². The molecule has 8 nitrogen and oxygen atoms in total. The summed E-state index contributed by atoms with van der Waals surface area (Å²) in [4.78, 5) is 13.6. The highest BCUT2D eigenvalue weighted by Gasteiger charge is 2.27. The number of benzene rings is 1. The number of aromatic hydroxyl groups is 2. The number of hydrogen-bond acceptors (Lipinski definition) is 5. The zero-order chi connectivity index (χ0) is 14.9. The topological polar surface area (TPSA) is 124 Å². The molecule has 0 aliphatic carbocycles. The molecule has 9 heteroatoms. The van der Waals surface area contributed by atoms with Crippen LogP contribution < -0.4 is 5.14 Å². The van der Waals surface area contributed by atoms with Crippen LogP contribution in [0.3, 0.4) is 0 Å². The van der Waals surface area contributed by atoms with Crippen LogP contribution in [0.1, 0.15) is 10.4 Å². The second kappa shape index (κ2) is 5.27. The molecule has 1 aliphatic heterocycles. The average molecular weight is 301 g/mol. The van der Waals surface area contributed by atoms with Gasteiger partial charge in [0.2, 0.25) is 0 Å². The first kappa shape index (κ1) is 14.6. The van der Waals surface area contributed by atoms with Crippen LogP contribution in [0.4, 0.5) is 0 Å². The van der Waals surface area contributed by atoms with Crippen LogP contribution in [0.5, 0.6) is 11.5 Å². The summed E-state index contributed by atoms with van der Waals surface area (Å²) in [5, 5.41) is 23.6. The first-order valence-electron chi connectivity index (χ1n) is 5.88. The molecule has 1 saturated heterocycles. The Morgan fingerprint density at radius 2 is 1.70 bits per heavy atom. The summed E-state index contributed by atoms with van der Waals surface area (Å²) in [5.41, 5.74) is 0.226. The van der Waals surface area contributed by atoms with Crippen molar-refractivity contribution >= 4 is 16.1 Å². The van der Waals surface area contributed by atoms with E-state index in [0.717, 1.165) is 4.31 Å². The molecule has 1 aromatic carbocycles. The summed E-state index contributed by atoms with van der Waals surface area (Å²) in [5.74, 6) is -1.02. The third-order valence-corrected chi connectivity index (χ3v) is 4.19. The number of nitrogens with two attached hydrogens (primary N) is 1. The van der Waals surface area contributed by atoms with Gasteiger partial charge in [-0.05, 0) is 18.2 Å². The zero-order valence-corrected chi connectivity index (χ0v) is 11.4. The van der Waals surface area contributed by atoms with Gasteiger partial charge in [0.15, 0.2) is 11.5 Å². The van der Waals surface area contributed by atoms with E-state index >= 15 is 0 Å². The molecule has 0 bridgehead atoms. The Labute approximate surface area is 116 Å². The van der Waals surface area contributed by atoms with Crippen molar-refractivity contribution in [3.05, 3.63) is 23.8 Å². The molecule has 20 heavy (non-hydrogen) atoms. The van der Waals surface area contributed by atoms with Gasteiger partial charge in [0.1, 0.15) is 0 Å². The van der Waals surface area contributed by atoms with Crippen molar-refractivity contribution in [2.75, 3.05) is 26.2 Å². The van der Waals surface area contributed by atoms with Gasteiger partial charge in [-0.1, -0.05) is 0 Å². The highest BCUT2D eigenvalue weighted by molar-refractivity contribution is 7.86. The van der Waals surface area contributed by atoms with Crippen LogP contribution in [0.2, 0.25) is 0 Å². The Morgan fingerprint density at radius 3 is 2.20 bits per heavy atom. The maximum Gasteiger partial charge on any atom is 0.277 e. The normalized spacial score (nSPS) is 17.1. The molecule has 110 valence electrons. The quantitative estimate of drug-likeness (QED) is 0.608. The fraction of sp³-hybridized carbons (Fsp3) is 0.364. The summed E-state index contributed by atoms with van der Waals surface area (Å²) in [6.45, 7) is 0.705. The van der Waals surface area contributed by atoms with Crippen LogP contribution >= 0.6 is 0 Å². The first-order valence-corrected chi connectivity index (χ1v) is 7.38. The van der Waals surface area contributed by atoms with E-state index in [-0.39, 0.29) is 49.1 Å². The van der Waals surface area contributed by atoms with Crippen LogP contribution in [-0.2, 0) is 10.2 Å². The molecule has 4 N–H and O–H groups in total. The number of rotatable bonds is 2. The number of nitrogens with zero attached hydrogens (tertiary/aromatic N) is 2. The lowest BCUT2D eigenvalue weighted by Gasteiger charge is -2.33. The third kappa shape index (κ3) is 3.00. The van der Waals surface area contributed by atoms with Gasteiger partial charge in [0, 0.05) is 31.7 Å². The maximum atomic E-state index is 12.2. The van der Waals surface area contributed by atoms with E-state index in [1.54, 1.807) is 0 Å². The third-order valence-electron chi connectivity index (χ3n) is 3.11. The zero-order valence-electron chi connectivity index (χ0n) is 10.6. The maximum absolute atomic E-state index is 12.2. The lowest BCUT2D eigenvalue weighted by atomic mass is 10.1. The molecule has 0 spiro atoms. The fourth-order valence-electron chi connectivity index (χ4n) is 1.98. The van der Waals surface area contributed by atoms with Crippen LogP contribution in [0, 0.1) is 0 Å². The minimum Gasteiger partial charge on any atom is -0.504 e. The van der Waals surface area contributed by atoms with Crippen LogP contribution in [0.25, 0.3) is 0 Å². The SMILES string of the molecule is NS(=O)(=O)N1CCN(C(=O)c2ccc(O)c(O)c2)CC1. The Balaban J connectivity index is 2.07. The molecule has 0 atom stereocenters. The van der Waals surface area contributed by atoms with E-state index in [2.05, 4.69) is 0 Å². The molecule has 1 heterocycles. The summed E-state index contributed by atoms with van der Waals surface area (Å²) in [6, 6.07) is 3.79. The number of hydrogen-bond donors (Lipinski definition) is 3. The number of carbonyl (C=O) groups is 1. The van der Waals surface area contributed by atoms with E-state index in [1.165, 1.54) is 23.1 Å². The highest BCUT2D eigenvalue weighted by Crippen LogP contribution is 2.25. The van der Waals surface area contributed by atoms with Crippen molar-refractivity contribution in [3.8, 4) is 11.5 Å². The highest BCUT2D eigenvalue weighted by atomic mass is 32.2. The molecule has 0 radical (unpaired) electrons. The van der Waals surface area contributed by atoms with Crippen molar-refractivity contribution in [2.45, 2.75) is 0 Å². The van der Waals surface area contributed by atoms with Gasteiger partial charge in [-0.3, -0.25) is 4.79 Å². The van der Waals surface area contributed by atoms with Crippen LogP contribution in [-0.4, -0.2) is 59.9 Å². The molecule has 2 rings (SSSR count). The number of piperazine rings is 1. The number of carbonyl (C=O) groups excluding carboxylic acids is 1. The summed E-state index contributed by atoms with van der Waals surface area (Å²) in [6.07, 6.45) is 0. The lowest BCUT2D eigenvalue weighted by molar-refractivity contribution is 0.0697. The van der Waals surface area contributed by atoms with Crippen molar-refractivity contribution in [2.24, 2.45) is 5.14 Å². The standard InChI is InChI=1S/C11H15N3O5S/c12-20(18,19)14-5-3-13(4-6-14)11(17)8-1-2-9(15)10(16)7-8/h1-2,7,15-16H,3-6H2,(H2,12,18,19). The van der Waals surface area contributed by atoms with Crippen molar-refractivity contribution in [3.63, 3.8) is 0 Å². The monoisotopic (exact) mass is 301 g/mol. The van der Waals surface area contributed by atoms with Gasteiger partial charge >= 0.3 is 0 Å². The average Bonchev–Trinajstić information content (AvgIpc) is 2.40. The van der Waals surface area contributed by atoms with E-state index in [4.69, 9.17) is 5.14 Å². The van der Waals surface area contributed by atoms with Gasteiger partial charge in [0.05, 0.1) is 0 Å². The van der Waals surface area contributed by atoms with Crippen molar-refractivity contribution < 1.29 is 23.4 Å². The van der Waals surface area contributed by atoms with Gasteiger partial charge in [-0.2, -0.15) is 12.7 Å². The van der Waals surface area contributed by atoms with E-state index in [0.29, 0.717) is 0 Å². The van der Waals surface area contributed by atoms with E-state index in [1.807, 2.05) is 0 Å². The molecule has 0 unspecified atom stereocenters. The number of amides is 1. The smallest absolute Gasteiger partial charge is 0.277 e. The molecule has 1 fully saturated rings. The Morgan fingerprint density at radius 1 is 1.10 bits per heavy atom. The van der Waals surface area contributed by atoms with Crippen molar-refractivity contribution in [1.29, 1.82) is 0 Å². The fourth-order valence-corrected chi connectivity index (χ4v) is 2.66. The molecule has 1 amide bonds. The summed E-state index contributed by atoms with van der Waals surface area (Å²) in [7, 11) is -3.73. The van der Waals surface area contributed by atoms with Gasteiger partial charge < -0.3 is 15.1 Å². The number of phenols is 2. The van der Waals surface area contributed by atoms with Crippen LogP contribution in [0.15, 0.2) is 18.2 Å². The molecular formula is C11H15N3O5S. The summed E-state index contributed by atoms with van der Waals surface area (Å²) < 4.78 is 23.4. The second-order valence-corrected chi connectivity index (χ2v) is 5.99. The first-order chi connectivity index (χ1) is 9.29. The van der Waals surface area contributed by atoms with E-state index in [9.17, 15) is 23.4 Å². The predicted octanol–water partition coefficient (Wildman–Crippen LogP) is -0.941. The second-order valence-electron chi connectivity index (χ2n) is 4.44. The Hall–Kier alpha value is -1.84. The molecule has 0 saturated carbocycles. The van der Waals surface area contributed by atoms with Gasteiger partial charge in [-0.25, -0.2) is 5.14 Å². The largest absolute Gasteiger partial charge is 0.504 e. The summed E-state index contributed by atoms with van der Waals surface area (Å²) >= 11 is 0. The predicted molar refractivity (Wildman–Crippen MR) is 70.4 cm³/mol. The molecule has 1 aliphatic rings. The number of phenolic OH excluding ortho intramolecular Hbond substituents is 2.